The number of hydrogen-bond acceptors (Lipinski definition) is 10. The largest absolute Gasteiger partial charge is 0.462 e. The molecule has 2 atom stereocenters. The quantitative estimate of drug-likeness (QED) is 0.671. The van der Waals surface area contributed by atoms with Gasteiger partial charge in [-0.3, -0.25) is 9.69 Å². The average molecular weight is 441 g/mol. The molecule has 1 amide bonds. The highest BCUT2D eigenvalue weighted by Crippen LogP contribution is 2.46. The molecule has 0 spiro atoms. The fraction of sp³-hybridized carbons (Fsp3) is 0.571. The fourth-order valence-corrected chi connectivity index (χ4v) is 4.65. The van der Waals surface area contributed by atoms with Crippen LogP contribution in [-0.2, 0) is 14.3 Å². The molecule has 3 aliphatic heterocycles. The maximum absolute atomic E-state index is 12.3. The van der Waals surface area contributed by atoms with Gasteiger partial charge in [-0.25, -0.2) is 9.88 Å². The lowest BCUT2D eigenvalue weighted by atomic mass is 10.1. The molecule has 1 aliphatic carbocycles. The molecule has 32 heavy (non-hydrogen) atoms. The van der Waals surface area contributed by atoms with Crippen molar-refractivity contribution in [2.75, 3.05) is 49.2 Å². The molecule has 0 radical (unpaired) electrons. The normalized spacial score (nSPS) is 26.6. The third-order valence-electron chi connectivity index (χ3n) is 6.49. The number of nitrogens with zero attached hydrogens (tertiary/aromatic N) is 5. The number of carbonyl (C=O) groups is 1. The van der Waals surface area contributed by atoms with Crippen LogP contribution in [0.3, 0.4) is 0 Å². The summed E-state index contributed by atoms with van der Waals surface area (Å²) in [7, 11) is 0. The molecule has 1 unspecified atom stereocenters. The first-order valence-electron chi connectivity index (χ1n) is 11.2. The lowest BCUT2D eigenvalue weighted by molar-refractivity contribution is -0.114. The second kappa shape index (κ2) is 7.61. The van der Waals surface area contributed by atoms with Crippen LogP contribution in [0, 0.1) is 0 Å². The van der Waals surface area contributed by atoms with E-state index in [2.05, 4.69) is 14.8 Å². The standard InChI is InChI=1S/C21H27N7O4/c22-13-3-4-27(10-13)21-28(15(11-31-21)18(23)29)14-9-16-19(24-17(14)12-1-2-12)25-20(32-16)26-5-7-30-8-6-26/h9,11-13,21H,1-8,10,22H2,(H2,23,29)/t13?,21-/m0/s1. The zero-order chi connectivity index (χ0) is 21.8. The van der Waals surface area contributed by atoms with Gasteiger partial charge in [-0.05, 0) is 19.3 Å². The van der Waals surface area contributed by atoms with Crippen LogP contribution in [0.5, 0.6) is 0 Å². The number of morpholine rings is 1. The van der Waals surface area contributed by atoms with Crippen LogP contribution >= 0.6 is 0 Å². The molecule has 0 bridgehead atoms. The number of oxazole rings is 1. The van der Waals surface area contributed by atoms with E-state index in [-0.39, 0.29) is 6.04 Å². The van der Waals surface area contributed by atoms with Gasteiger partial charge in [0.2, 0.25) is 12.0 Å². The third kappa shape index (κ3) is 3.37. The predicted molar refractivity (Wildman–Crippen MR) is 116 cm³/mol. The molecule has 2 aromatic rings. The number of hydrogen-bond donors (Lipinski definition) is 2. The van der Waals surface area contributed by atoms with Gasteiger partial charge in [-0.2, -0.15) is 4.98 Å². The summed E-state index contributed by atoms with van der Waals surface area (Å²) in [5.74, 6) is -0.237. The summed E-state index contributed by atoms with van der Waals surface area (Å²) in [5.41, 5.74) is 15.0. The molecule has 5 heterocycles. The Morgan fingerprint density at radius 2 is 1.94 bits per heavy atom. The first kappa shape index (κ1) is 19.8. The van der Waals surface area contributed by atoms with Crippen LogP contribution in [0.1, 0.15) is 30.9 Å². The van der Waals surface area contributed by atoms with Crippen LogP contribution in [0.2, 0.25) is 0 Å². The summed E-state index contributed by atoms with van der Waals surface area (Å²) in [4.78, 5) is 27.9. The summed E-state index contributed by atoms with van der Waals surface area (Å²) in [6, 6.07) is 2.54. The zero-order valence-corrected chi connectivity index (χ0v) is 17.8. The predicted octanol–water partition coefficient (Wildman–Crippen LogP) is 0.417. The van der Waals surface area contributed by atoms with Gasteiger partial charge >= 0.3 is 0 Å². The van der Waals surface area contributed by atoms with Gasteiger partial charge in [-0.15, -0.1) is 0 Å². The summed E-state index contributed by atoms with van der Waals surface area (Å²) in [5, 5.41) is 0. The van der Waals surface area contributed by atoms with Crippen LogP contribution in [0.4, 0.5) is 11.7 Å². The Morgan fingerprint density at radius 1 is 1.12 bits per heavy atom. The number of primary amides is 1. The van der Waals surface area contributed by atoms with Crippen molar-refractivity contribution in [1.82, 2.24) is 14.9 Å². The second-order valence-corrected chi connectivity index (χ2v) is 8.83. The Hall–Kier alpha value is -2.89. The van der Waals surface area contributed by atoms with Crippen LogP contribution in [-0.4, -0.2) is 72.6 Å². The first-order valence-corrected chi connectivity index (χ1v) is 11.2. The summed E-state index contributed by atoms with van der Waals surface area (Å²) >= 11 is 0. The third-order valence-corrected chi connectivity index (χ3v) is 6.49. The minimum atomic E-state index is -0.551. The Bertz CT molecular complexity index is 1080. The van der Waals surface area contributed by atoms with E-state index in [4.69, 9.17) is 30.3 Å². The number of amides is 1. The van der Waals surface area contributed by atoms with Crippen molar-refractivity contribution in [2.24, 2.45) is 11.5 Å². The number of rotatable bonds is 5. The molecular weight excluding hydrogens is 414 g/mol. The van der Waals surface area contributed by atoms with Crippen LogP contribution in [0.25, 0.3) is 11.2 Å². The van der Waals surface area contributed by atoms with Crippen molar-refractivity contribution in [2.45, 2.75) is 37.6 Å². The highest BCUT2D eigenvalue weighted by atomic mass is 16.5. The number of aromatic nitrogens is 2. The molecule has 2 saturated heterocycles. The molecule has 6 rings (SSSR count). The average Bonchev–Trinajstić information content (AvgIpc) is 3.19. The lowest BCUT2D eigenvalue weighted by Gasteiger charge is -2.33. The second-order valence-electron chi connectivity index (χ2n) is 8.83. The lowest BCUT2D eigenvalue weighted by Crippen LogP contribution is -2.48. The Balaban J connectivity index is 1.43. The minimum Gasteiger partial charge on any atom is -0.462 e. The molecule has 11 heteroatoms. The van der Waals surface area contributed by atoms with Crippen molar-refractivity contribution in [1.29, 1.82) is 0 Å². The highest BCUT2D eigenvalue weighted by Gasteiger charge is 2.42. The minimum absolute atomic E-state index is 0.0759. The van der Waals surface area contributed by atoms with Gasteiger partial charge in [0.25, 0.3) is 11.9 Å². The fourth-order valence-electron chi connectivity index (χ4n) is 4.65. The Labute approximate surface area is 184 Å². The SMILES string of the molecule is NC(=O)C1=CO[C@@H](N2CCC(N)C2)N1c1cc2oc(N3CCOCC3)nc2nc1C1CC1. The highest BCUT2D eigenvalue weighted by molar-refractivity contribution is 5.97. The number of anilines is 2. The number of carbonyl (C=O) groups excluding carboxylic acids is 1. The number of likely N-dealkylation sites (tertiary alicyclic amines) is 1. The maximum atomic E-state index is 12.3. The van der Waals surface area contributed by atoms with Crippen molar-refractivity contribution in [3.8, 4) is 0 Å². The number of pyridine rings is 1. The van der Waals surface area contributed by atoms with Gasteiger partial charge in [0.05, 0.1) is 24.6 Å². The molecular formula is C21H27N7O4. The maximum Gasteiger partial charge on any atom is 0.300 e. The van der Waals surface area contributed by atoms with Crippen molar-refractivity contribution >= 4 is 28.8 Å². The molecule has 3 fully saturated rings. The van der Waals surface area contributed by atoms with E-state index in [0.29, 0.717) is 48.6 Å². The molecule has 170 valence electrons. The van der Waals surface area contributed by atoms with Gasteiger partial charge in [0.1, 0.15) is 12.0 Å². The van der Waals surface area contributed by atoms with E-state index in [0.717, 1.165) is 50.3 Å². The van der Waals surface area contributed by atoms with Crippen LogP contribution in [0.15, 0.2) is 22.4 Å². The topological polar surface area (TPSA) is 136 Å². The summed E-state index contributed by atoms with van der Waals surface area (Å²) in [6.07, 6.45) is 3.91. The van der Waals surface area contributed by atoms with E-state index in [1.54, 1.807) is 0 Å². The Kier molecular flexibility index (Phi) is 4.70. The molecule has 4 N–H and O–H groups in total. The summed E-state index contributed by atoms with van der Waals surface area (Å²) < 4.78 is 17.5. The Morgan fingerprint density at radius 3 is 2.62 bits per heavy atom. The molecule has 4 aliphatic rings. The molecule has 0 aromatic carbocycles. The van der Waals surface area contributed by atoms with Gasteiger partial charge in [-0.1, -0.05) is 0 Å². The van der Waals surface area contributed by atoms with Crippen molar-refractivity contribution < 1.29 is 18.7 Å². The van der Waals surface area contributed by atoms with Crippen molar-refractivity contribution in [3.05, 3.63) is 23.7 Å². The van der Waals surface area contributed by atoms with Crippen LogP contribution < -0.4 is 21.3 Å². The summed E-state index contributed by atoms with van der Waals surface area (Å²) in [6.45, 7) is 4.19. The van der Waals surface area contributed by atoms with Crippen molar-refractivity contribution in [3.63, 3.8) is 0 Å². The van der Waals surface area contributed by atoms with E-state index in [1.807, 2.05) is 11.0 Å². The number of fused-ring (bicyclic) bond motifs is 1. The monoisotopic (exact) mass is 441 g/mol. The zero-order valence-electron chi connectivity index (χ0n) is 17.8. The van der Waals surface area contributed by atoms with Gasteiger partial charge < -0.3 is 30.3 Å². The van der Waals surface area contributed by atoms with Gasteiger partial charge in [0, 0.05) is 44.2 Å². The smallest absolute Gasteiger partial charge is 0.300 e. The first-order chi connectivity index (χ1) is 15.6. The molecule has 1 saturated carbocycles. The van der Waals surface area contributed by atoms with Gasteiger partial charge in [0.15, 0.2) is 5.58 Å². The number of ether oxygens (including phenoxy) is 2. The van der Waals surface area contributed by atoms with E-state index in [1.165, 1.54) is 6.26 Å². The van der Waals surface area contributed by atoms with E-state index >= 15 is 0 Å². The molecule has 11 nitrogen and oxygen atoms in total. The van der Waals surface area contributed by atoms with E-state index in [9.17, 15) is 4.79 Å². The van der Waals surface area contributed by atoms with E-state index < -0.39 is 12.3 Å². The number of nitrogens with two attached hydrogens (primary N) is 2. The molecule has 2 aromatic heterocycles.